The number of piperazine rings is 1. The van der Waals surface area contributed by atoms with Crippen LogP contribution in [0.4, 0.5) is 49.5 Å². The fourth-order valence-corrected chi connectivity index (χ4v) is 11.3. The lowest BCUT2D eigenvalue weighted by atomic mass is 9.94. The van der Waals surface area contributed by atoms with Crippen molar-refractivity contribution in [3.05, 3.63) is 85.2 Å². The van der Waals surface area contributed by atoms with E-state index in [1.165, 1.54) is 11.0 Å². The molecular weight excluding hydrogens is 887 g/mol. The quantitative estimate of drug-likeness (QED) is 0.110. The Morgan fingerprint density at radius 2 is 1.66 bits per heavy atom. The second-order valence-corrected chi connectivity index (χ2v) is 21.3. The van der Waals surface area contributed by atoms with Gasteiger partial charge >= 0.3 is 6.03 Å². The van der Waals surface area contributed by atoms with Crippen LogP contribution in [-0.4, -0.2) is 124 Å². The van der Waals surface area contributed by atoms with E-state index in [0.717, 1.165) is 84.1 Å². The van der Waals surface area contributed by atoms with Crippen molar-refractivity contribution < 1.29 is 23.3 Å². The zero-order valence-corrected chi connectivity index (χ0v) is 39.6. The van der Waals surface area contributed by atoms with Gasteiger partial charge < -0.3 is 29.7 Å². The van der Waals surface area contributed by atoms with Crippen LogP contribution < -0.4 is 40.7 Å². The molecule has 3 N–H and O–H groups in total. The average Bonchev–Trinajstić information content (AvgIpc) is 3.90. The summed E-state index contributed by atoms with van der Waals surface area (Å²) >= 11 is 0. The standard InChI is InChI=1S/C48H54FN14O4P/c1-58-29-31(27-52-58)33-24-38(54-47-51-15-10-43(55-47)53-37-9-8-36-32(7-6-14-50-36)45(37)68(4,5)66)42(67-3)26-40(33)61-16-11-30(12-17-61)28-60-19-21-62(22-20-60)41-25-39-34(23-35(41)49)46(57-59(39)2)63-18-13-44(64)56-48(63)65/h6-10,14-15,23-27,29-30H,11-13,16-22,28H2,1-5H3,(H,56,64,65)(H2,51,53,54,55). The Bertz CT molecular complexity index is 3120. The Hall–Kier alpha value is -7.11. The Morgan fingerprint density at radius 1 is 0.868 bits per heavy atom. The van der Waals surface area contributed by atoms with Gasteiger partial charge in [-0.2, -0.15) is 15.2 Å². The fourth-order valence-electron chi connectivity index (χ4n) is 9.80. The molecule has 0 saturated carbocycles. The number of imide groups is 1. The Labute approximate surface area is 392 Å². The van der Waals surface area contributed by atoms with E-state index in [1.54, 1.807) is 55.3 Å². The highest BCUT2D eigenvalue weighted by Crippen LogP contribution is 2.43. The lowest BCUT2D eigenvalue weighted by Crippen LogP contribution is -2.49. The minimum absolute atomic E-state index is 0.162. The van der Waals surface area contributed by atoms with E-state index in [1.807, 2.05) is 49.8 Å². The molecule has 7 heterocycles. The minimum atomic E-state index is -2.72. The summed E-state index contributed by atoms with van der Waals surface area (Å²) in [6.07, 6.45) is 9.48. The van der Waals surface area contributed by atoms with E-state index in [4.69, 9.17) is 9.72 Å². The molecule has 18 nitrogen and oxygen atoms in total. The molecule has 3 fully saturated rings. The summed E-state index contributed by atoms with van der Waals surface area (Å²) in [4.78, 5) is 46.5. The fraction of sp³-hybridized carbons (Fsp3) is 0.354. The Balaban J connectivity index is 0.806. The smallest absolute Gasteiger partial charge is 0.329 e. The number of aromatic nitrogens is 7. The summed E-state index contributed by atoms with van der Waals surface area (Å²) in [6, 6.07) is 16.3. The number of anilines is 7. The lowest BCUT2D eigenvalue weighted by molar-refractivity contribution is -0.120. The predicted molar refractivity (Wildman–Crippen MR) is 264 cm³/mol. The van der Waals surface area contributed by atoms with Crippen molar-refractivity contribution in [2.75, 3.05) is 98.1 Å². The number of pyridine rings is 1. The van der Waals surface area contributed by atoms with Crippen molar-refractivity contribution in [3.63, 3.8) is 0 Å². The zero-order chi connectivity index (χ0) is 47.3. The molecule has 0 aliphatic carbocycles. The molecule has 7 aromatic rings. The highest BCUT2D eigenvalue weighted by molar-refractivity contribution is 7.71. The van der Waals surface area contributed by atoms with Gasteiger partial charge in [-0.3, -0.25) is 34.3 Å². The lowest BCUT2D eigenvalue weighted by Gasteiger charge is -2.40. The van der Waals surface area contributed by atoms with Crippen LogP contribution in [0, 0.1) is 11.7 Å². The molecular formula is C48H54FN14O4P. The summed E-state index contributed by atoms with van der Waals surface area (Å²) in [7, 11) is 2.63. The summed E-state index contributed by atoms with van der Waals surface area (Å²) in [5.41, 5.74) is 6.44. The number of methoxy groups -OCH3 is 1. The predicted octanol–water partition coefficient (Wildman–Crippen LogP) is 6.68. The number of halogens is 1. The zero-order valence-electron chi connectivity index (χ0n) is 38.7. The SMILES string of the molecule is COc1cc(N2CCC(CN3CCN(c4cc5c(cc4F)c(N4CCC(=O)NC4=O)nn5C)CC3)CC2)c(-c2cnn(C)c2)cc1Nc1nccc(Nc2ccc3ncccc3c2P(C)(C)=O)n1. The summed E-state index contributed by atoms with van der Waals surface area (Å²) < 4.78 is 38.9. The Kier molecular flexibility index (Phi) is 12.0. The maximum atomic E-state index is 15.8. The number of hydrogen-bond donors (Lipinski definition) is 3. The number of aryl methyl sites for hydroxylation is 2. The van der Waals surface area contributed by atoms with E-state index in [-0.39, 0.29) is 24.7 Å². The van der Waals surface area contributed by atoms with Crippen molar-refractivity contribution in [2.45, 2.75) is 19.3 Å². The number of urea groups is 1. The summed E-state index contributed by atoms with van der Waals surface area (Å²) in [5.74, 6) is 1.69. The van der Waals surface area contributed by atoms with Crippen molar-refractivity contribution in [1.29, 1.82) is 0 Å². The summed E-state index contributed by atoms with van der Waals surface area (Å²) in [5, 5.41) is 20.3. The van der Waals surface area contributed by atoms with Crippen LogP contribution >= 0.6 is 7.14 Å². The third-order valence-electron chi connectivity index (χ3n) is 13.2. The topological polar surface area (TPSA) is 184 Å². The first-order valence-electron chi connectivity index (χ1n) is 22.8. The number of amides is 3. The number of hydrogen-bond acceptors (Lipinski definition) is 14. The van der Waals surface area contributed by atoms with Crippen molar-refractivity contribution in [3.8, 4) is 16.9 Å². The molecule has 10 rings (SSSR count). The molecule has 68 heavy (non-hydrogen) atoms. The van der Waals surface area contributed by atoms with Gasteiger partial charge in [-0.15, -0.1) is 0 Å². The molecule has 0 spiro atoms. The van der Waals surface area contributed by atoms with Crippen LogP contribution in [0.5, 0.6) is 5.75 Å². The second-order valence-electron chi connectivity index (χ2n) is 18.1. The molecule has 0 unspecified atom stereocenters. The number of carbonyl (C=O) groups excluding carboxylic acids is 2. The molecule has 0 radical (unpaired) electrons. The third-order valence-corrected chi connectivity index (χ3v) is 14.7. The number of carbonyl (C=O) groups is 2. The van der Waals surface area contributed by atoms with Crippen molar-refractivity contribution in [2.24, 2.45) is 20.0 Å². The minimum Gasteiger partial charge on any atom is -0.494 e. The van der Waals surface area contributed by atoms with Gasteiger partial charge in [0.15, 0.2) is 5.82 Å². The first-order chi connectivity index (χ1) is 32.8. The molecule has 3 aliphatic heterocycles. The van der Waals surface area contributed by atoms with Crippen molar-refractivity contribution >= 4 is 86.5 Å². The van der Waals surface area contributed by atoms with Gasteiger partial charge in [-0.1, -0.05) is 6.07 Å². The first kappa shape index (κ1) is 44.7. The van der Waals surface area contributed by atoms with Crippen LogP contribution in [0.25, 0.3) is 32.9 Å². The molecule has 3 saturated heterocycles. The number of ether oxygens (including phenoxy) is 1. The molecule has 4 aromatic heterocycles. The second kappa shape index (κ2) is 18.2. The van der Waals surface area contributed by atoms with E-state index >= 15 is 4.39 Å². The van der Waals surface area contributed by atoms with Gasteiger partial charge in [0.2, 0.25) is 11.9 Å². The van der Waals surface area contributed by atoms with E-state index in [2.05, 4.69) is 62.9 Å². The Morgan fingerprint density at radius 3 is 2.40 bits per heavy atom. The number of piperidine rings is 1. The molecule has 20 heteroatoms. The maximum absolute atomic E-state index is 15.8. The number of rotatable bonds is 12. The number of benzene rings is 3. The van der Waals surface area contributed by atoms with E-state index in [0.29, 0.717) is 64.8 Å². The molecule has 352 valence electrons. The van der Waals surface area contributed by atoms with Crippen LogP contribution in [-0.2, 0) is 23.5 Å². The van der Waals surface area contributed by atoms with E-state index < -0.39 is 13.2 Å². The maximum Gasteiger partial charge on any atom is 0.329 e. The molecule has 0 bridgehead atoms. The van der Waals surface area contributed by atoms with Gasteiger partial charge in [-0.25, -0.2) is 14.2 Å². The van der Waals surface area contributed by atoms with E-state index in [9.17, 15) is 14.2 Å². The monoisotopic (exact) mass is 940 g/mol. The first-order valence-corrected chi connectivity index (χ1v) is 25.4. The largest absolute Gasteiger partial charge is 0.494 e. The number of nitrogens with zero attached hydrogens (tertiary/aromatic N) is 11. The molecule has 0 atom stereocenters. The van der Waals surface area contributed by atoms with Gasteiger partial charge in [0.1, 0.15) is 24.5 Å². The van der Waals surface area contributed by atoms with Gasteiger partial charge in [0, 0.05) is 130 Å². The molecule has 3 amide bonds. The average molecular weight is 941 g/mol. The molecule has 3 aliphatic rings. The number of fused-ring (bicyclic) bond motifs is 2. The van der Waals surface area contributed by atoms with Gasteiger partial charge in [-0.05, 0) is 74.6 Å². The molecule has 3 aromatic carbocycles. The van der Waals surface area contributed by atoms with Crippen LogP contribution in [0.15, 0.2) is 79.4 Å². The van der Waals surface area contributed by atoms with Crippen LogP contribution in [0.2, 0.25) is 0 Å². The highest BCUT2D eigenvalue weighted by atomic mass is 31.2. The highest BCUT2D eigenvalue weighted by Gasteiger charge is 2.31. The van der Waals surface area contributed by atoms with Gasteiger partial charge in [0.05, 0.1) is 41.4 Å². The number of nitrogens with one attached hydrogen (secondary N) is 3. The van der Waals surface area contributed by atoms with Crippen LogP contribution in [0.1, 0.15) is 19.3 Å². The summed E-state index contributed by atoms with van der Waals surface area (Å²) in [6.45, 7) is 9.43. The van der Waals surface area contributed by atoms with Crippen LogP contribution in [0.3, 0.4) is 0 Å². The third kappa shape index (κ3) is 8.90. The normalized spacial score (nSPS) is 16.5. The van der Waals surface area contributed by atoms with Crippen molar-refractivity contribution in [1.82, 2.24) is 44.7 Å². The van der Waals surface area contributed by atoms with Gasteiger partial charge in [0.25, 0.3) is 0 Å².